The van der Waals surface area contributed by atoms with Crippen molar-refractivity contribution in [1.29, 1.82) is 0 Å². The third-order valence-electron chi connectivity index (χ3n) is 11.4. The van der Waals surface area contributed by atoms with Crippen LogP contribution in [0.5, 0.6) is 0 Å². The van der Waals surface area contributed by atoms with Crippen LogP contribution in [0, 0.1) is 0 Å². The molecule has 0 saturated carbocycles. The van der Waals surface area contributed by atoms with E-state index in [0.717, 1.165) is 55.7 Å². The number of benzene rings is 9. The Bertz CT molecular complexity index is 3070. The van der Waals surface area contributed by atoms with Gasteiger partial charge in [-0.15, -0.1) is 0 Å². The van der Waals surface area contributed by atoms with E-state index in [1.54, 1.807) is 0 Å². The first kappa shape index (κ1) is 35.3. The average Bonchev–Trinajstić information content (AvgIpc) is 3.65. The summed E-state index contributed by atoms with van der Waals surface area (Å²) < 4.78 is 6.17. The first-order valence-electron chi connectivity index (χ1n) is 20.1. The summed E-state index contributed by atoms with van der Waals surface area (Å²) in [5.74, 6) is 0. The van der Waals surface area contributed by atoms with E-state index in [9.17, 15) is 0 Å². The van der Waals surface area contributed by atoms with Gasteiger partial charge in [-0.1, -0.05) is 185 Å². The zero-order valence-corrected chi connectivity index (χ0v) is 33.0. The summed E-state index contributed by atoms with van der Waals surface area (Å²) in [7, 11) is 0. The summed E-state index contributed by atoms with van der Waals surface area (Å²) >= 11 is 0. The van der Waals surface area contributed by atoms with Crippen molar-refractivity contribution in [3.63, 3.8) is 0 Å². The predicted molar refractivity (Wildman–Crippen MR) is 246 cm³/mol. The van der Waals surface area contributed by atoms with E-state index in [4.69, 9.17) is 4.42 Å². The summed E-state index contributed by atoms with van der Waals surface area (Å²) in [6, 6.07) is 74.7. The Hall–Kier alpha value is -7.16. The van der Waals surface area contributed by atoms with Crippen LogP contribution >= 0.6 is 0 Å². The molecule has 2 heteroatoms. The Kier molecular flexibility index (Phi) is 8.76. The highest BCUT2D eigenvalue weighted by Crippen LogP contribution is 2.48. The van der Waals surface area contributed by atoms with E-state index in [0.29, 0.717) is 0 Å². The van der Waals surface area contributed by atoms with Gasteiger partial charge in [0.1, 0.15) is 11.2 Å². The molecule has 0 unspecified atom stereocenters. The molecular weight excluding hydrogens is 703 g/mol. The fraction of sp³-hybridized carbons (Fsp3) is 0.0714. The van der Waals surface area contributed by atoms with E-state index < -0.39 is 0 Å². The van der Waals surface area contributed by atoms with Gasteiger partial charge in [-0.25, -0.2) is 0 Å². The smallest absolute Gasteiger partial charge is 0.135 e. The fourth-order valence-corrected chi connectivity index (χ4v) is 8.48. The SMILES string of the molecule is CC(C)(C)c1ccc(-c2ccccc2)c(N(c2ccc(-c3ccc4oc5ccccc5c4c3)cc2)c2ccccc2-c2cccc3cccc(-c4ccccc4)c23)c1. The molecular formula is C56H43NO. The molecule has 0 saturated heterocycles. The number of fused-ring (bicyclic) bond motifs is 4. The minimum absolute atomic E-state index is 0.0604. The van der Waals surface area contributed by atoms with E-state index in [1.807, 2.05) is 12.1 Å². The van der Waals surface area contributed by atoms with E-state index >= 15 is 0 Å². The first-order chi connectivity index (χ1) is 28.4. The number of para-hydroxylation sites is 2. The fourth-order valence-electron chi connectivity index (χ4n) is 8.48. The second-order valence-corrected chi connectivity index (χ2v) is 16.1. The number of hydrogen-bond donors (Lipinski definition) is 0. The lowest BCUT2D eigenvalue weighted by molar-refractivity contribution is 0.590. The van der Waals surface area contributed by atoms with Gasteiger partial charge in [0, 0.05) is 27.6 Å². The third-order valence-corrected chi connectivity index (χ3v) is 11.4. The van der Waals surface area contributed by atoms with Crippen molar-refractivity contribution in [3.8, 4) is 44.5 Å². The molecule has 0 aliphatic heterocycles. The highest BCUT2D eigenvalue weighted by molar-refractivity contribution is 6.09. The van der Waals surface area contributed by atoms with Crippen LogP contribution in [0.2, 0.25) is 0 Å². The molecule has 58 heavy (non-hydrogen) atoms. The second kappa shape index (κ2) is 14.4. The van der Waals surface area contributed by atoms with Crippen molar-refractivity contribution in [1.82, 2.24) is 0 Å². The molecule has 10 rings (SSSR count). The van der Waals surface area contributed by atoms with Crippen molar-refractivity contribution in [2.75, 3.05) is 4.90 Å². The lowest BCUT2D eigenvalue weighted by Crippen LogP contribution is -2.16. The Morgan fingerprint density at radius 2 is 0.983 bits per heavy atom. The average molecular weight is 746 g/mol. The van der Waals surface area contributed by atoms with Gasteiger partial charge in [0.05, 0.1) is 11.4 Å². The van der Waals surface area contributed by atoms with Gasteiger partial charge in [-0.05, 0) is 97.6 Å². The van der Waals surface area contributed by atoms with E-state index in [1.165, 1.54) is 44.2 Å². The lowest BCUT2D eigenvalue weighted by Gasteiger charge is -2.32. The Labute approximate surface area is 340 Å². The van der Waals surface area contributed by atoms with Gasteiger partial charge in [0.25, 0.3) is 0 Å². The number of anilines is 3. The van der Waals surface area contributed by atoms with Crippen LogP contribution in [-0.2, 0) is 5.41 Å². The topological polar surface area (TPSA) is 16.4 Å². The normalized spacial score (nSPS) is 11.7. The van der Waals surface area contributed by atoms with Gasteiger partial charge < -0.3 is 9.32 Å². The minimum Gasteiger partial charge on any atom is -0.456 e. The van der Waals surface area contributed by atoms with Crippen LogP contribution in [0.1, 0.15) is 26.3 Å². The van der Waals surface area contributed by atoms with Crippen LogP contribution in [0.15, 0.2) is 211 Å². The quantitative estimate of drug-likeness (QED) is 0.162. The predicted octanol–water partition coefficient (Wildman–Crippen LogP) is 16.2. The van der Waals surface area contributed by atoms with Gasteiger partial charge in [0.2, 0.25) is 0 Å². The van der Waals surface area contributed by atoms with Crippen LogP contribution in [0.25, 0.3) is 77.2 Å². The van der Waals surface area contributed by atoms with Crippen molar-refractivity contribution < 1.29 is 4.42 Å². The lowest BCUT2D eigenvalue weighted by atomic mass is 9.85. The van der Waals surface area contributed by atoms with Crippen LogP contribution < -0.4 is 4.90 Å². The summed E-state index contributed by atoms with van der Waals surface area (Å²) in [5.41, 5.74) is 15.8. The summed E-state index contributed by atoms with van der Waals surface area (Å²) in [6.45, 7) is 6.88. The largest absolute Gasteiger partial charge is 0.456 e. The molecule has 0 N–H and O–H groups in total. The van der Waals surface area contributed by atoms with Crippen molar-refractivity contribution in [3.05, 3.63) is 212 Å². The van der Waals surface area contributed by atoms with Gasteiger partial charge in [0.15, 0.2) is 0 Å². The third kappa shape index (κ3) is 6.33. The Morgan fingerprint density at radius 1 is 0.379 bits per heavy atom. The molecule has 2 nitrogen and oxygen atoms in total. The second-order valence-electron chi connectivity index (χ2n) is 16.1. The minimum atomic E-state index is -0.0604. The van der Waals surface area contributed by atoms with Crippen molar-refractivity contribution in [2.45, 2.75) is 26.2 Å². The maximum atomic E-state index is 6.17. The first-order valence-corrected chi connectivity index (χ1v) is 20.1. The van der Waals surface area contributed by atoms with Crippen LogP contribution in [-0.4, -0.2) is 0 Å². The summed E-state index contributed by atoms with van der Waals surface area (Å²) in [4.78, 5) is 2.48. The number of hydrogen-bond acceptors (Lipinski definition) is 2. The molecule has 0 aliphatic carbocycles. The highest BCUT2D eigenvalue weighted by atomic mass is 16.3. The summed E-state index contributed by atoms with van der Waals surface area (Å²) in [6.07, 6.45) is 0. The van der Waals surface area contributed by atoms with Crippen LogP contribution in [0.4, 0.5) is 17.1 Å². The number of furan rings is 1. The zero-order chi connectivity index (χ0) is 39.2. The molecule has 1 heterocycles. The molecule has 278 valence electrons. The van der Waals surface area contributed by atoms with Crippen molar-refractivity contribution >= 4 is 49.8 Å². The van der Waals surface area contributed by atoms with Gasteiger partial charge in [-0.2, -0.15) is 0 Å². The summed E-state index contributed by atoms with van der Waals surface area (Å²) in [5, 5.41) is 4.72. The van der Waals surface area contributed by atoms with E-state index in [-0.39, 0.29) is 5.41 Å². The molecule has 9 aromatic carbocycles. The zero-order valence-electron chi connectivity index (χ0n) is 33.0. The Balaban J connectivity index is 1.21. The number of nitrogens with zero attached hydrogens (tertiary/aromatic N) is 1. The van der Waals surface area contributed by atoms with Gasteiger partial charge in [-0.3, -0.25) is 0 Å². The maximum absolute atomic E-state index is 6.17. The molecule has 0 spiro atoms. The van der Waals surface area contributed by atoms with Crippen LogP contribution in [0.3, 0.4) is 0 Å². The molecule has 1 aromatic heterocycles. The Morgan fingerprint density at radius 3 is 1.72 bits per heavy atom. The highest BCUT2D eigenvalue weighted by Gasteiger charge is 2.25. The number of rotatable bonds is 7. The molecule has 0 aliphatic rings. The van der Waals surface area contributed by atoms with E-state index in [2.05, 4.69) is 220 Å². The molecule has 0 atom stereocenters. The molecule has 0 fully saturated rings. The standard InChI is InChI=1S/C56H43NO/c1-56(2,3)43-31-34-45(39-16-6-4-7-17-39)52(37-43)57(44-32-28-38(29-33-44)42-30-35-54-50(36-42)48-23-11-13-27-53(48)58-54)51-26-12-10-22-47(51)49-25-15-21-41-20-14-24-46(55(41)49)40-18-8-5-9-19-40/h4-37H,1-3H3. The molecule has 0 radical (unpaired) electrons. The monoisotopic (exact) mass is 745 g/mol. The maximum Gasteiger partial charge on any atom is 0.135 e. The molecule has 0 bridgehead atoms. The van der Waals surface area contributed by atoms with Gasteiger partial charge >= 0.3 is 0 Å². The molecule has 10 aromatic rings. The molecule has 0 amide bonds. The van der Waals surface area contributed by atoms with Crippen molar-refractivity contribution in [2.24, 2.45) is 0 Å².